The number of nitrogens with zero attached hydrogens (tertiary/aromatic N) is 4. The first-order valence-electron chi connectivity index (χ1n) is 13.4. The van der Waals surface area contributed by atoms with Gasteiger partial charge in [0.1, 0.15) is 35.8 Å². The topological polar surface area (TPSA) is 127 Å². The lowest BCUT2D eigenvalue weighted by Gasteiger charge is -2.37. The Bertz CT molecular complexity index is 1620. The van der Waals surface area contributed by atoms with Gasteiger partial charge in [0.05, 0.1) is 26.9 Å². The standard InChI is InChI=1S/C31H30BrN5O5/c1-39-22-12-8-20(9-13-22)31(19-6-4-3-5-7-19,21-10-14-23(40-2)15-11-21)41-17-25-24(38)16-26(42-25)37-29-27(36-30(37)32)28(33)34-18-35-29/h3-15,18,24-26,38H,16-17H2,1-2H3,(H2,33,34,35). The number of benzene rings is 3. The van der Waals surface area contributed by atoms with Crippen LogP contribution >= 0.6 is 15.9 Å². The van der Waals surface area contributed by atoms with E-state index in [-0.39, 0.29) is 12.4 Å². The van der Waals surface area contributed by atoms with Gasteiger partial charge in [0, 0.05) is 6.42 Å². The SMILES string of the molecule is COc1ccc(C(OCC2OC(n3c(Br)nc4c(N)ncnc43)CC2O)(c2ccccc2)c2ccc(OC)cc2)cc1. The molecule has 1 aliphatic rings. The number of aliphatic hydroxyl groups is 1. The number of imidazole rings is 1. The van der Waals surface area contributed by atoms with Crippen LogP contribution in [0.3, 0.4) is 0 Å². The molecule has 1 fully saturated rings. The lowest BCUT2D eigenvalue weighted by atomic mass is 9.80. The first-order valence-corrected chi connectivity index (χ1v) is 14.2. The van der Waals surface area contributed by atoms with Gasteiger partial charge < -0.3 is 29.8 Å². The fraction of sp³-hybridized carbons (Fsp3) is 0.258. The number of rotatable bonds is 9. The molecule has 0 aliphatic carbocycles. The fourth-order valence-electron chi connectivity index (χ4n) is 5.46. The van der Waals surface area contributed by atoms with Gasteiger partial charge in [-0.15, -0.1) is 0 Å². The molecule has 42 heavy (non-hydrogen) atoms. The van der Waals surface area contributed by atoms with Crippen molar-refractivity contribution in [3.05, 3.63) is 107 Å². The Kier molecular flexibility index (Phi) is 7.82. The molecule has 0 radical (unpaired) electrons. The maximum absolute atomic E-state index is 11.2. The summed E-state index contributed by atoms with van der Waals surface area (Å²) in [7, 11) is 3.27. The molecule has 2 aromatic heterocycles. The smallest absolute Gasteiger partial charge is 0.181 e. The zero-order valence-electron chi connectivity index (χ0n) is 23.1. The number of halogens is 1. The van der Waals surface area contributed by atoms with Gasteiger partial charge in [-0.1, -0.05) is 54.6 Å². The Balaban J connectivity index is 1.38. The second-order valence-corrected chi connectivity index (χ2v) is 10.6. The third kappa shape index (κ3) is 4.98. The maximum atomic E-state index is 11.2. The third-order valence-electron chi connectivity index (χ3n) is 7.59. The zero-order valence-corrected chi connectivity index (χ0v) is 24.6. The summed E-state index contributed by atoms with van der Waals surface area (Å²) in [4.78, 5) is 12.8. The molecule has 1 aliphatic heterocycles. The number of nitrogen functional groups attached to an aromatic ring is 1. The number of fused-ring (bicyclic) bond motifs is 1. The summed E-state index contributed by atoms with van der Waals surface area (Å²) in [5, 5.41) is 11.2. The van der Waals surface area contributed by atoms with E-state index in [4.69, 9.17) is 24.7 Å². The second kappa shape index (κ2) is 11.7. The average molecular weight is 633 g/mol. The first-order chi connectivity index (χ1) is 20.4. The highest BCUT2D eigenvalue weighted by Crippen LogP contribution is 2.43. The van der Waals surface area contributed by atoms with Gasteiger partial charge in [-0.3, -0.25) is 4.57 Å². The number of anilines is 1. The minimum atomic E-state index is -1.04. The van der Waals surface area contributed by atoms with Gasteiger partial charge >= 0.3 is 0 Å². The molecular formula is C31H30BrN5O5. The van der Waals surface area contributed by atoms with Crippen molar-refractivity contribution in [1.82, 2.24) is 19.5 Å². The summed E-state index contributed by atoms with van der Waals surface area (Å²) in [6.45, 7) is 0.0893. The van der Waals surface area contributed by atoms with Crippen LogP contribution in [0, 0.1) is 0 Å². The Morgan fingerprint density at radius 1 is 0.929 bits per heavy atom. The first kappa shape index (κ1) is 28.1. The number of hydrogen-bond donors (Lipinski definition) is 2. The Labute approximate surface area is 251 Å². The lowest BCUT2D eigenvalue weighted by molar-refractivity contribution is -0.0934. The van der Waals surface area contributed by atoms with Gasteiger partial charge in [0.2, 0.25) is 0 Å². The van der Waals surface area contributed by atoms with E-state index in [1.807, 2.05) is 78.9 Å². The van der Waals surface area contributed by atoms with Crippen molar-refractivity contribution in [1.29, 1.82) is 0 Å². The maximum Gasteiger partial charge on any atom is 0.181 e. The Morgan fingerprint density at radius 3 is 2.12 bits per heavy atom. The van der Waals surface area contributed by atoms with E-state index in [9.17, 15) is 5.11 Å². The van der Waals surface area contributed by atoms with Crippen LogP contribution in [0.25, 0.3) is 11.2 Å². The summed E-state index contributed by atoms with van der Waals surface area (Å²) in [6.07, 6.45) is -0.301. The van der Waals surface area contributed by atoms with Gasteiger partial charge in [-0.2, -0.15) is 0 Å². The lowest BCUT2D eigenvalue weighted by Crippen LogP contribution is -2.38. The number of hydrogen-bond acceptors (Lipinski definition) is 9. The molecule has 3 unspecified atom stereocenters. The molecule has 6 rings (SSSR count). The number of ether oxygens (including phenoxy) is 4. The van der Waals surface area contributed by atoms with E-state index >= 15 is 0 Å². The molecule has 0 saturated carbocycles. The van der Waals surface area contributed by atoms with Crippen molar-refractivity contribution >= 4 is 32.9 Å². The van der Waals surface area contributed by atoms with Gasteiger partial charge in [-0.05, 0) is 56.9 Å². The van der Waals surface area contributed by atoms with Crippen molar-refractivity contribution in [2.75, 3.05) is 26.6 Å². The van der Waals surface area contributed by atoms with Crippen molar-refractivity contribution in [2.45, 2.75) is 30.5 Å². The van der Waals surface area contributed by atoms with Crippen LogP contribution in [0.1, 0.15) is 29.3 Å². The van der Waals surface area contributed by atoms with Crippen molar-refractivity contribution in [2.24, 2.45) is 0 Å². The van der Waals surface area contributed by atoms with Crippen LogP contribution in [-0.4, -0.2) is 57.7 Å². The Hall–Kier alpha value is -4.03. The molecule has 3 heterocycles. The van der Waals surface area contributed by atoms with Crippen LogP contribution in [0.2, 0.25) is 0 Å². The largest absolute Gasteiger partial charge is 0.497 e. The normalized spacial score (nSPS) is 18.8. The van der Waals surface area contributed by atoms with Crippen LogP contribution in [-0.2, 0) is 15.1 Å². The predicted molar refractivity (Wildman–Crippen MR) is 160 cm³/mol. The molecule has 11 heteroatoms. The molecule has 3 aromatic carbocycles. The molecule has 0 bridgehead atoms. The quantitative estimate of drug-likeness (QED) is 0.173. The van der Waals surface area contributed by atoms with Crippen LogP contribution < -0.4 is 15.2 Å². The van der Waals surface area contributed by atoms with E-state index in [2.05, 4.69) is 30.9 Å². The van der Waals surface area contributed by atoms with E-state index < -0.39 is 24.0 Å². The number of aromatic nitrogens is 4. The molecular weight excluding hydrogens is 602 g/mol. The zero-order chi connectivity index (χ0) is 29.3. The molecule has 10 nitrogen and oxygen atoms in total. The minimum Gasteiger partial charge on any atom is -0.497 e. The van der Waals surface area contributed by atoms with E-state index in [0.29, 0.717) is 22.3 Å². The fourth-order valence-corrected chi connectivity index (χ4v) is 6.03. The minimum absolute atomic E-state index is 0.0893. The molecule has 1 saturated heterocycles. The number of aliphatic hydroxyl groups excluding tert-OH is 1. The molecule has 0 amide bonds. The second-order valence-electron chi connectivity index (χ2n) is 9.93. The monoisotopic (exact) mass is 631 g/mol. The van der Waals surface area contributed by atoms with E-state index in [0.717, 1.165) is 28.2 Å². The highest BCUT2D eigenvalue weighted by molar-refractivity contribution is 9.10. The predicted octanol–water partition coefficient (Wildman–Crippen LogP) is 4.85. The van der Waals surface area contributed by atoms with Gasteiger partial charge in [-0.25, -0.2) is 15.0 Å². The summed E-state index contributed by atoms with van der Waals surface area (Å²) >= 11 is 3.49. The summed E-state index contributed by atoms with van der Waals surface area (Å²) in [5.41, 5.74) is 8.65. The molecule has 3 atom stereocenters. The van der Waals surface area contributed by atoms with Crippen LogP contribution in [0.5, 0.6) is 11.5 Å². The summed E-state index contributed by atoms with van der Waals surface area (Å²) in [5.74, 6) is 1.73. The summed E-state index contributed by atoms with van der Waals surface area (Å²) < 4.78 is 26.5. The highest BCUT2D eigenvalue weighted by Gasteiger charge is 2.42. The molecule has 5 aromatic rings. The van der Waals surface area contributed by atoms with Crippen molar-refractivity contribution < 1.29 is 24.1 Å². The number of methoxy groups -OCH3 is 2. The highest BCUT2D eigenvalue weighted by atomic mass is 79.9. The van der Waals surface area contributed by atoms with E-state index in [1.54, 1.807) is 18.8 Å². The molecule has 3 N–H and O–H groups in total. The molecule has 216 valence electrons. The van der Waals surface area contributed by atoms with Crippen LogP contribution in [0.15, 0.2) is 89.9 Å². The number of nitrogens with two attached hydrogens (primary N) is 1. The Morgan fingerprint density at radius 2 is 1.52 bits per heavy atom. The van der Waals surface area contributed by atoms with Gasteiger partial charge in [0.15, 0.2) is 21.7 Å². The van der Waals surface area contributed by atoms with Crippen LogP contribution in [0.4, 0.5) is 5.82 Å². The van der Waals surface area contributed by atoms with Gasteiger partial charge in [0.25, 0.3) is 0 Å². The molecule has 0 spiro atoms. The summed E-state index contributed by atoms with van der Waals surface area (Å²) in [6, 6.07) is 25.6. The average Bonchev–Trinajstić information content (AvgIpc) is 3.57. The van der Waals surface area contributed by atoms with E-state index in [1.165, 1.54) is 6.33 Å². The van der Waals surface area contributed by atoms with Crippen molar-refractivity contribution in [3.8, 4) is 11.5 Å². The van der Waals surface area contributed by atoms with Crippen molar-refractivity contribution in [3.63, 3.8) is 0 Å². The third-order valence-corrected chi connectivity index (χ3v) is 8.15.